The Hall–Kier alpha value is -1.76. The second-order valence-electron chi connectivity index (χ2n) is 5.18. The molecule has 0 fully saturated rings. The third-order valence-corrected chi connectivity index (χ3v) is 5.09. The Bertz CT molecular complexity index is 842. The van der Waals surface area contributed by atoms with Gasteiger partial charge < -0.3 is 5.32 Å². The molecular formula is C16H16Cl2N2O3S. The lowest BCUT2D eigenvalue weighted by molar-refractivity contribution is -0.116. The van der Waals surface area contributed by atoms with Crippen LogP contribution in [0.25, 0.3) is 0 Å². The molecule has 24 heavy (non-hydrogen) atoms. The van der Waals surface area contributed by atoms with Crippen molar-refractivity contribution >= 4 is 50.5 Å². The van der Waals surface area contributed by atoms with Gasteiger partial charge in [0.25, 0.3) is 0 Å². The van der Waals surface area contributed by atoms with Gasteiger partial charge in [0.05, 0.1) is 22.7 Å². The van der Waals surface area contributed by atoms with Gasteiger partial charge in [-0.15, -0.1) is 0 Å². The average molecular weight is 387 g/mol. The molecule has 2 rings (SSSR count). The lowest BCUT2D eigenvalue weighted by atomic mass is 10.2. The zero-order chi connectivity index (χ0) is 17.9. The molecule has 0 bridgehead atoms. The molecule has 2 aromatic carbocycles. The van der Waals surface area contributed by atoms with Crippen LogP contribution in [0.2, 0.25) is 10.0 Å². The number of para-hydroxylation sites is 1. The monoisotopic (exact) mass is 386 g/mol. The predicted molar refractivity (Wildman–Crippen MR) is 98.3 cm³/mol. The summed E-state index contributed by atoms with van der Waals surface area (Å²) in [4.78, 5) is 12.5. The van der Waals surface area contributed by atoms with Gasteiger partial charge in [0.15, 0.2) is 0 Å². The minimum Gasteiger partial charge on any atom is -0.323 e. The maximum atomic E-state index is 12.5. The summed E-state index contributed by atoms with van der Waals surface area (Å²) in [6.45, 7) is 1.50. The second-order valence-corrected chi connectivity index (χ2v) is 7.89. The van der Waals surface area contributed by atoms with E-state index in [4.69, 9.17) is 23.2 Å². The number of sulfonamides is 1. The van der Waals surface area contributed by atoms with E-state index in [1.807, 2.05) is 0 Å². The summed E-state index contributed by atoms with van der Waals surface area (Å²) in [5, 5.41) is 3.33. The number of carbonyl (C=O) groups excluding carboxylic acids is 1. The standard InChI is InChI=1S/C16H16Cl2N2O3S/c1-11(16(21)19-15-10-12(17)8-9-14(15)18)20(24(2,22)23)13-6-4-3-5-7-13/h3-11H,1-2H3,(H,19,21). The lowest BCUT2D eigenvalue weighted by Gasteiger charge is -2.28. The second kappa shape index (κ2) is 7.42. The number of rotatable bonds is 5. The zero-order valence-electron chi connectivity index (χ0n) is 13.0. The van der Waals surface area contributed by atoms with Crippen molar-refractivity contribution in [3.8, 4) is 0 Å². The minimum absolute atomic E-state index is 0.311. The fraction of sp³-hybridized carbons (Fsp3) is 0.188. The normalized spacial score (nSPS) is 12.5. The Morgan fingerprint density at radius 1 is 1.12 bits per heavy atom. The summed E-state index contributed by atoms with van der Waals surface area (Å²) in [6.07, 6.45) is 1.05. The fourth-order valence-corrected chi connectivity index (χ4v) is 3.73. The molecule has 128 valence electrons. The van der Waals surface area contributed by atoms with Gasteiger partial charge >= 0.3 is 0 Å². The first-order valence-corrected chi connectivity index (χ1v) is 9.61. The van der Waals surface area contributed by atoms with Crippen LogP contribution in [0.1, 0.15) is 6.92 Å². The molecule has 0 spiro atoms. The van der Waals surface area contributed by atoms with Crippen molar-refractivity contribution in [3.63, 3.8) is 0 Å². The van der Waals surface area contributed by atoms with Gasteiger partial charge in [-0.1, -0.05) is 41.4 Å². The Balaban J connectivity index is 2.31. The third kappa shape index (κ3) is 4.41. The van der Waals surface area contributed by atoms with E-state index >= 15 is 0 Å². The maximum absolute atomic E-state index is 12.5. The van der Waals surface area contributed by atoms with Crippen molar-refractivity contribution in [2.45, 2.75) is 13.0 Å². The van der Waals surface area contributed by atoms with E-state index in [0.29, 0.717) is 21.4 Å². The molecule has 0 heterocycles. The molecular weight excluding hydrogens is 371 g/mol. The Labute approximate surface area is 151 Å². The molecule has 1 unspecified atom stereocenters. The average Bonchev–Trinajstić information content (AvgIpc) is 2.50. The number of benzene rings is 2. The smallest absolute Gasteiger partial charge is 0.248 e. The summed E-state index contributed by atoms with van der Waals surface area (Å²) < 4.78 is 25.4. The molecule has 5 nitrogen and oxygen atoms in total. The van der Waals surface area contributed by atoms with E-state index in [-0.39, 0.29) is 0 Å². The predicted octanol–water partition coefficient (Wildman–Crippen LogP) is 3.79. The largest absolute Gasteiger partial charge is 0.323 e. The lowest BCUT2D eigenvalue weighted by Crippen LogP contribution is -2.45. The summed E-state index contributed by atoms with van der Waals surface area (Å²) in [5.74, 6) is -0.520. The number of hydrogen-bond acceptors (Lipinski definition) is 3. The highest BCUT2D eigenvalue weighted by Gasteiger charge is 2.29. The highest BCUT2D eigenvalue weighted by molar-refractivity contribution is 7.92. The molecule has 2 aromatic rings. The topological polar surface area (TPSA) is 66.5 Å². The van der Waals surface area contributed by atoms with Crippen molar-refractivity contribution in [2.24, 2.45) is 0 Å². The van der Waals surface area contributed by atoms with Crippen molar-refractivity contribution in [3.05, 3.63) is 58.6 Å². The van der Waals surface area contributed by atoms with E-state index in [1.165, 1.54) is 13.0 Å². The van der Waals surface area contributed by atoms with Crippen molar-refractivity contribution in [1.82, 2.24) is 0 Å². The van der Waals surface area contributed by atoms with Crippen LogP contribution >= 0.6 is 23.2 Å². The number of nitrogens with zero attached hydrogens (tertiary/aromatic N) is 1. The van der Waals surface area contributed by atoms with Crippen molar-refractivity contribution < 1.29 is 13.2 Å². The van der Waals surface area contributed by atoms with Crippen LogP contribution in [-0.2, 0) is 14.8 Å². The first-order valence-electron chi connectivity index (χ1n) is 7.00. The molecule has 0 aliphatic rings. The van der Waals surface area contributed by atoms with Gasteiger partial charge in [0.1, 0.15) is 6.04 Å². The van der Waals surface area contributed by atoms with Gasteiger partial charge in [0.2, 0.25) is 15.9 Å². The van der Waals surface area contributed by atoms with E-state index in [1.54, 1.807) is 42.5 Å². The van der Waals surface area contributed by atoms with Gasteiger partial charge in [0, 0.05) is 5.02 Å². The fourth-order valence-electron chi connectivity index (χ4n) is 2.21. The highest BCUT2D eigenvalue weighted by atomic mass is 35.5. The summed E-state index contributed by atoms with van der Waals surface area (Å²) in [5.41, 5.74) is 0.724. The van der Waals surface area contributed by atoms with Crippen LogP contribution in [0.15, 0.2) is 48.5 Å². The Morgan fingerprint density at radius 3 is 2.33 bits per heavy atom. The van der Waals surface area contributed by atoms with Crippen molar-refractivity contribution in [1.29, 1.82) is 0 Å². The van der Waals surface area contributed by atoms with E-state index in [9.17, 15) is 13.2 Å². The first-order chi connectivity index (χ1) is 11.2. The molecule has 0 saturated carbocycles. The summed E-state index contributed by atoms with van der Waals surface area (Å²) in [7, 11) is -3.66. The van der Waals surface area contributed by atoms with Crippen molar-refractivity contribution in [2.75, 3.05) is 15.9 Å². The SMILES string of the molecule is CC(C(=O)Nc1cc(Cl)ccc1Cl)N(c1ccccc1)S(C)(=O)=O. The number of anilines is 2. The van der Waals surface area contributed by atoms with Crippen LogP contribution in [0.4, 0.5) is 11.4 Å². The maximum Gasteiger partial charge on any atom is 0.248 e. The molecule has 0 saturated heterocycles. The van der Waals surface area contributed by atoms with Gasteiger partial charge in [-0.25, -0.2) is 8.42 Å². The molecule has 1 atom stereocenters. The number of nitrogens with one attached hydrogen (secondary N) is 1. The molecule has 0 radical (unpaired) electrons. The summed E-state index contributed by atoms with van der Waals surface area (Å²) >= 11 is 11.9. The molecule has 1 N–H and O–H groups in total. The highest BCUT2D eigenvalue weighted by Crippen LogP contribution is 2.27. The third-order valence-electron chi connectivity index (χ3n) is 3.29. The zero-order valence-corrected chi connectivity index (χ0v) is 15.4. The Kier molecular flexibility index (Phi) is 5.74. The molecule has 0 aliphatic carbocycles. The van der Waals surface area contributed by atoms with Crippen LogP contribution in [0.5, 0.6) is 0 Å². The number of hydrogen-bond donors (Lipinski definition) is 1. The van der Waals surface area contributed by atoms with Crippen LogP contribution in [0, 0.1) is 0 Å². The number of carbonyl (C=O) groups is 1. The molecule has 0 aliphatic heterocycles. The molecule has 1 amide bonds. The number of halogens is 2. The Morgan fingerprint density at radius 2 is 1.75 bits per heavy atom. The number of amides is 1. The van der Waals surface area contributed by atoms with Crippen LogP contribution in [-0.4, -0.2) is 26.6 Å². The molecule has 0 aromatic heterocycles. The van der Waals surface area contributed by atoms with E-state index in [2.05, 4.69) is 5.32 Å². The van der Waals surface area contributed by atoms with E-state index < -0.39 is 22.0 Å². The van der Waals surface area contributed by atoms with Gasteiger partial charge in [-0.2, -0.15) is 0 Å². The molecule has 8 heteroatoms. The van der Waals surface area contributed by atoms with E-state index in [0.717, 1.165) is 10.6 Å². The summed E-state index contributed by atoms with van der Waals surface area (Å²) in [6, 6.07) is 12.1. The first kappa shape index (κ1) is 18.6. The quantitative estimate of drug-likeness (QED) is 0.849. The van der Waals surface area contributed by atoms with Crippen LogP contribution < -0.4 is 9.62 Å². The minimum atomic E-state index is -3.66. The van der Waals surface area contributed by atoms with Crippen LogP contribution in [0.3, 0.4) is 0 Å². The van der Waals surface area contributed by atoms with Gasteiger partial charge in [-0.3, -0.25) is 9.10 Å². The van der Waals surface area contributed by atoms with Gasteiger partial charge in [-0.05, 0) is 37.3 Å².